The lowest BCUT2D eigenvalue weighted by Crippen LogP contribution is -2.73. The number of ether oxygens (including phenoxy) is 15. The van der Waals surface area contributed by atoms with Crippen molar-refractivity contribution in [2.75, 3.05) is 79.3 Å². The molecule has 0 aliphatic carbocycles. The van der Waals surface area contributed by atoms with Crippen LogP contribution in [0.15, 0.2) is 0 Å². The van der Waals surface area contributed by atoms with Crippen LogP contribution in [-0.2, 0) is 114 Å². The minimum atomic E-state index is -3.99. The Hall–Kier alpha value is -6.53. The molecule has 0 aromatic rings. The van der Waals surface area contributed by atoms with Crippen LogP contribution in [0.4, 0.5) is 0 Å². The molecule has 8 fully saturated rings. The lowest BCUT2D eigenvalue weighted by molar-refractivity contribution is -0.405. The van der Waals surface area contributed by atoms with E-state index in [0.717, 1.165) is 6.92 Å². The van der Waals surface area contributed by atoms with Crippen molar-refractivity contribution < 1.29 is 283 Å². The summed E-state index contributed by atoms with van der Waals surface area (Å²) in [6.45, 7) is -16.9. The number of rotatable bonds is 43. The molecule has 62 nitrogen and oxygen atoms in total. The van der Waals surface area contributed by atoms with E-state index < -0.39 is 426 Å². The van der Waals surface area contributed by atoms with E-state index in [4.69, 9.17) is 71.1 Å². The molecule has 0 saturated carbocycles. The van der Waals surface area contributed by atoms with Crippen LogP contribution in [0, 0.1) is 0 Å². The second kappa shape index (κ2) is 47.2. The average Bonchev–Trinajstić information content (AvgIpc) is 0.767. The Balaban J connectivity index is 1.20. The van der Waals surface area contributed by atoms with Crippen LogP contribution in [0.2, 0.25) is 0 Å². The predicted molar refractivity (Wildman–Crippen MR) is 397 cm³/mol. The normalized spacial score (nSPS) is 41.6. The monoisotopic (exact) mass is 1940 g/mol. The molecule has 8 aliphatic heterocycles. The third-order valence-electron chi connectivity index (χ3n) is 23.0. The van der Waals surface area contributed by atoms with Crippen molar-refractivity contribution in [3.8, 4) is 0 Å². The molecular formula is C70H113N5O57. The number of aliphatic hydroxyl groups is 29. The van der Waals surface area contributed by atoms with Crippen LogP contribution in [-0.4, -0.2) is 569 Å². The number of carboxylic acids is 4. The summed E-state index contributed by atoms with van der Waals surface area (Å²) in [5.74, 6) is -31.7. The van der Waals surface area contributed by atoms with Crippen molar-refractivity contribution >= 4 is 53.4 Å². The van der Waals surface area contributed by atoms with Crippen LogP contribution >= 0.6 is 0 Å². The highest BCUT2D eigenvalue weighted by Gasteiger charge is 2.67. The highest BCUT2D eigenvalue weighted by molar-refractivity contribution is 5.81. The largest absolute Gasteiger partial charge is 0.477 e. The Bertz CT molecular complexity index is 3800. The van der Waals surface area contributed by atoms with Gasteiger partial charge in [0.05, 0.1) is 101 Å². The number of carbonyl (C=O) groups excluding carboxylic acids is 5. The first-order valence-electron chi connectivity index (χ1n) is 40.3. The Morgan fingerprint density at radius 3 is 0.970 bits per heavy atom. The summed E-state index contributed by atoms with van der Waals surface area (Å²) < 4.78 is 86.9. The van der Waals surface area contributed by atoms with E-state index in [-0.39, 0.29) is 0 Å². The Kier molecular flexibility index (Phi) is 39.6. The minimum absolute atomic E-state index is 0.743. The lowest BCUT2D eigenvalue weighted by atomic mass is 9.86. The van der Waals surface area contributed by atoms with Gasteiger partial charge >= 0.3 is 23.9 Å². The third-order valence-corrected chi connectivity index (χ3v) is 23.0. The second-order valence-corrected chi connectivity index (χ2v) is 31.9. The number of aliphatic hydroxyl groups excluding tert-OH is 29. The van der Waals surface area contributed by atoms with Gasteiger partial charge < -0.3 is 266 Å². The van der Waals surface area contributed by atoms with Gasteiger partial charge in [0, 0.05) is 32.6 Å². The summed E-state index contributed by atoms with van der Waals surface area (Å²) in [7, 11) is 0. The van der Waals surface area contributed by atoms with Crippen molar-refractivity contribution in [2.24, 2.45) is 0 Å². The van der Waals surface area contributed by atoms with Gasteiger partial charge in [-0.3, -0.25) is 24.0 Å². The summed E-state index contributed by atoms with van der Waals surface area (Å²) in [6, 6.07) is -11.3. The number of carboxylic acid groups (broad SMARTS) is 4. The van der Waals surface area contributed by atoms with Crippen molar-refractivity contribution in [2.45, 2.75) is 300 Å². The van der Waals surface area contributed by atoms with E-state index in [1.165, 1.54) is 0 Å². The minimum Gasteiger partial charge on any atom is -0.477 e. The number of carbonyl (C=O) groups is 9. The zero-order valence-electron chi connectivity index (χ0n) is 69.0. The molecule has 0 bridgehead atoms. The molecule has 0 aromatic carbocycles. The summed E-state index contributed by atoms with van der Waals surface area (Å²) in [4.78, 5) is 120. The van der Waals surface area contributed by atoms with Gasteiger partial charge in [-0.15, -0.1) is 0 Å². The molecule has 0 spiro atoms. The molecule has 44 atom stereocenters. The van der Waals surface area contributed by atoms with Gasteiger partial charge in [0.15, 0.2) is 25.2 Å². The van der Waals surface area contributed by atoms with Crippen LogP contribution in [0.3, 0.4) is 0 Å². The van der Waals surface area contributed by atoms with Gasteiger partial charge in [-0.25, -0.2) is 19.2 Å². The fraction of sp³-hybridized carbons (Fsp3) is 0.871. The van der Waals surface area contributed by atoms with E-state index in [9.17, 15) is 212 Å². The van der Waals surface area contributed by atoms with Crippen molar-refractivity contribution in [3.63, 3.8) is 0 Å². The standard InChI is InChI=1S/C70H113N5O57/c1-18(88)71-39-52(124-61-48(107)57(43(102)26(9-79)120-61)131-69(65(114)115)4-21(91)36(73-32(96)15-85)54(128-69)41(100)24(94)7-77)42(101)25(8-78)119-60(39)123-51-30(13-83)121-62(122-50-29(12-82)118-59(109)47(106)46(50)105)49(108)58(51)132-70(66(116)117)5-22(92)38(75-34(98)17-87)56(130-70)45(104)28(11-81)126-68(64(112)113)3-20(90)37(74-33(97)16-86)55(129-68)44(103)27(10-80)125-67(63(110)111)2-19(89)35(72-31(95)14-84)53(127-67)40(99)23(93)6-76/h19-30,35-62,76-87,89-94,99-109H,2-17H2,1H3,(H,71,88)(H,72,95)(H,73,96)(H,74,97)(H,75,98)(H,110,111)(H,112,113)(H,114,115)(H,116,117)/t19-,20-,21-,22-,23+,24+,25+,26+,27+,28+,29+,30+,35+,36+,37+,38+,39+,40+,41+,42-,43-,44+,45+,46+,47+,48+,49+,50+,51-,52+,53+,54+,55+,56+,57-,58+,59+,60-,61-,62-,67+,68+,69-,70-/m0/s1. The third kappa shape index (κ3) is 24.1. The molecule has 38 N–H and O–H groups in total. The zero-order valence-corrected chi connectivity index (χ0v) is 69.0. The maximum atomic E-state index is 14.5. The molecule has 8 saturated heterocycles. The van der Waals surface area contributed by atoms with Crippen molar-refractivity contribution in [3.05, 3.63) is 0 Å². The summed E-state index contributed by atoms with van der Waals surface area (Å²) in [5, 5.41) is 374. The molecule has 0 radical (unpaired) electrons. The van der Waals surface area contributed by atoms with E-state index in [2.05, 4.69) is 5.32 Å². The van der Waals surface area contributed by atoms with Gasteiger partial charge in [0.1, 0.15) is 197 Å². The predicted octanol–water partition coefficient (Wildman–Crippen LogP) is -25.0. The van der Waals surface area contributed by atoms with Gasteiger partial charge in [-0.05, 0) is 0 Å². The smallest absolute Gasteiger partial charge is 0.364 e. The van der Waals surface area contributed by atoms with Gasteiger partial charge in [-0.2, -0.15) is 0 Å². The first-order chi connectivity index (χ1) is 62.0. The lowest BCUT2D eigenvalue weighted by Gasteiger charge is -2.53. The maximum Gasteiger partial charge on any atom is 0.364 e. The number of amides is 5. The first-order valence-corrected chi connectivity index (χ1v) is 40.3. The van der Waals surface area contributed by atoms with Crippen molar-refractivity contribution in [1.29, 1.82) is 0 Å². The molecule has 8 rings (SSSR count). The molecule has 132 heavy (non-hydrogen) atoms. The molecule has 5 amide bonds. The number of hydrogen-bond acceptors (Lipinski definition) is 53. The molecule has 8 heterocycles. The second-order valence-electron chi connectivity index (χ2n) is 31.9. The molecule has 0 aromatic heterocycles. The fourth-order valence-electron chi connectivity index (χ4n) is 16.3. The number of aliphatic carboxylic acids is 4. The van der Waals surface area contributed by atoms with Crippen LogP contribution in [0.25, 0.3) is 0 Å². The zero-order chi connectivity index (χ0) is 98.7. The summed E-state index contributed by atoms with van der Waals surface area (Å²) in [6.07, 6.45) is -95.9. The van der Waals surface area contributed by atoms with Gasteiger partial charge in [-0.1, -0.05) is 0 Å². The Morgan fingerprint density at radius 1 is 0.326 bits per heavy atom. The number of hydrogen-bond donors (Lipinski definition) is 38. The SMILES string of the molecule is CC(=O)N[C@H]1[C@H](O[C@@H]2[C@H](O[C@]3(C(=O)O)C[C@H](O)[C@@H](NC(=O)CO)[C@H]([C@H](O)[C@@H](CO)O[C@]4(C(=O)O)C[C@H](O)[C@@H](NC(=O)CO)[C@H]([C@H](O)[C@@H](CO)O[C@]5(C(=O)O)C[C@H](O)[C@@H](NC(=O)CO)[C@H]([C@H](O)[C@H](O)CO)O5)O4)O3)[C@@H](O)[C@H](O[C@H]3[C@H](O)[C@@H](O)[C@H](O)O[C@@H]3CO)O[C@@H]2CO)O[C@H](CO)[C@H](O)[C@@H]1O[C@@H]1O[C@H](CO)[C@H](O)[C@H](O[C@]2(C(=O)O)C[C@H](O)[C@@H](NC(=O)CO)[C@H]([C@H](O)[C@H](O)CO)O2)[C@H]1O. The highest BCUT2D eigenvalue weighted by Crippen LogP contribution is 2.46. The van der Waals surface area contributed by atoms with Gasteiger partial charge in [0.2, 0.25) is 29.5 Å². The maximum absolute atomic E-state index is 14.5. The van der Waals surface area contributed by atoms with Crippen molar-refractivity contribution in [1.82, 2.24) is 26.6 Å². The van der Waals surface area contributed by atoms with Gasteiger partial charge in [0.25, 0.3) is 23.1 Å². The van der Waals surface area contributed by atoms with E-state index >= 15 is 0 Å². The summed E-state index contributed by atoms with van der Waals surface area (Å²) in [5.41, 5.74) is 0. The Morgan fingerprint density at radius 2 is 0.629 bits per heavy atom. The van der Waals surface area contributed by atoms with E-state index in [1.807, 2.05) is 21.3 Å². The molecule has 0 unspecified atom stereocenters. The van der Waals surface area contributed by atoms with Crippen LogP contribution in [0.1, 0.15) is 32.6 Å². The molecule has 760 valence electrons. The molecular weight excluding hydrogens is 1820 g/mol. The van der Waals surface area contributed by atoms with Crippen LogP contribution < -0.4 is 26.6 Å². The molecule has 62 heteroatoms. The quantitative estimate of drug-likeness (QED) is 0.0270. The summed E-state index contributed by atoms with van der Waals surface area (Å²) >= 11 is 0. The average molecular weight is 1940 g/mol. The first kappa shape index (κ1) is 111. The molecule has 8 aliphatic rings. The van der Waals surface area contributed by atoms with Crippen LogP contribution in [0.5, 0.6) is 0 Å². The number of nitrogens with one attached hydrogen (secondary N) is 5. The van der Waals surface area contributed by atoms with E-state index in [0.29, 0.717) is 0 Å². The highest BCUT2D eigenvalue weighted by atomic mass is 16.8. The topological polar surface area (TPSA) is 1020 Å². The van der Waals surface area contributed by atoms with E-state index in [1.54, 1.807) is 0 Å². The fourth-order valence-corrected chi connectivity index (χ4v) is 16.3. The Labute approximate surface area is 740 Å².